The van der Waals surface area contributed by atoms with E-state index in [-0.39, 0.29) is 0 Å². The van der Waals surface area contributed by atoms with Gasteiger partial charge in [-0.15, -0.1) is 0 Å². The first-order chi connectivity index (χ1) is 4.86. The lowest BCUT2D eigenvalue weighted by atomic mass is 9.76. The third kappa shape index (κ3) is 1.00. The molecule has 0 aromatic carbocycles. The van der Waals surface area contributed by atoms with Gasteiger partial charge in [0.05, 0.1) is 0 Å². The first-order valence-corrected chi connectivity index (χ1v) is 4.53. The Kier molecular flexibility index (Phi) is 1.55. The van der Waals surface area contributed by atoms with E-state index in [2.05, 4.69) is 19.1 Å². The number of rotatable bonds is 0. The molecule has 10 heavy (non-hydrogen) atoms. The summed E-state index contributed by atoms with van der Waals surface area (Å²) in [4.78, 5) is 0. The van der Waals surface area contributed by atoms with Crippen LogP contribution in [0.25, 0.3) is 0 Å². The molecule has 0 spiro atoms. The molecule has 3 atom stereocenters. The molecule has 3 unspecified atom stereocenters. The average molecular weight is 136 g/mol. The number of hydrogen-bond acceptors (Lipinski definition) is 0. The summed E-state index contributed by atoms with van der Waals surface area (Å²) in [6, 6.07) is 0. The van der Waals surface area contributed by atoms with Gasteiger partial charge in [-0.05, 0) is 37.0 Å². The Morgan fingerprint density at radius 2 is 2.20 bits per heavy atom. The van der Waals surface area contributed by atoms with Gasteiger partial charge in [0.15, 0.2) is 0 Å². The fourth-order valence-electron chi connectivity index (χ4n) is 2.44. The molecule has 0 radical (unpaired) electrons. The van der Waals surface area contributed by atoms with Gasteiger partial charge < -0.3 is 0 Å². The van der Waals surface area contributed by atoms with Gasteiger partial charge in [-0.2, -0.15) is 0 Å². The van der Waals surface area contributed by atoms with Crippen LogP contribution in [0.5, 0.6) is 0 Å². The lowest BCUT2D eigenvalue weighted by Crippen LogP contribution is -2.18. The molecule has 0 nitrogen and oxygen atoms in total. The fraction of sp³-hybridized carbons (Fsp3) is 0.800. The van der Waals surface area contributed by atoms with Crippen LogP contribution in [-0.4, -0.2) is 0 Å². The maximum Gasteiger partial charge on any atom is -0.0200 e. The van der Waals surface area contributed by atoms with Crippen LogP contribution in [0.2, 0.25) is 0 Å². The summed E-state index contributed by atoms with van der Waals surface area (Å²) in [5.41, 5.74) is 0. The molecular formula is C10H16. The number of allylic oxidation sites excluding steroid dienone is 2. The van der Waals surface area contributed by atoms with E-state index in [1.807, 2.05) is 0 Å². The van der Waals surface area contributed by atoms with E-state index in [1.54, 1.807) is 0 Å². The zero-order valence-electron chi connectivity index (χ0n) is 6.72. The Morgan fingerprint density at radius 3 is 3.10 bits per heavy atom. The summed E-state index contributed by atoms with van der Waals surface area (Å²) in [5.74, 6) is 2.99. The van der Waals surface area contributed by atoms with Gasteiger partial charge >= 0.3 is 0 Å². The zero-order chi connectivity index (χ0) is 6.97. The highest BCUT2D eigenvalue weighted by atomic mass is 14.3. The van der Waals surface area contributed by atoms with E-state index < -0.39 is 0 Å². The standard InChI is InChI=1S/C10H16/c1-8-5-6-9-3-2-4-10(9)7-8/h2,4,8-10H,3,5-7H2,1H3. The van der Waals surface area contributed by atoms with E-state index in [4.69, 9.17) is 0 Å². The Labute approximate surface area is 63.3 Å². The minimum atomic E-state index is 0.962. The monoisotopic (exact) mass is 136 g/mol. The van der Waals surface area contributed by atoms with Crippen molar-refractivity contribution in [2.24, 2.45) is 17.8 Å². The lowest BCUT2D eigenvalue weighted by Gasteiger charge is -2.29. The van der Waals surface area contributed by atoms with Crippen LogP contribution in [0, 0.1) is 17.8 Å². The van der Waals surface area contributed by atoms with Crippen LogP contribution in [-0.2, 0) is 0 Å². The van der Waals surface area contributed by atoms with Crippen molar-refractivity contribution in [3.05, 3.63) is 12.2 Å². The summed E-state index contributed by atoms with van der Waals surface area (Å²) in [5, 5.41) is 0. The van der Waals surface area contributed by atoms with E-state index in [0.29, 0.717) is 0 Å². The van der Waals surface area contributed by atoms with Crippen LogP contribution in [0.1, 0.15) is 32.6 Å². The molecule has 1 saturated carbocycles. The van der Waals surface area contributed by atoms with Crippen LogP contribution >= 0.6 is 0 Å². The summed E-state index contributed by atoms with van der Waals surface area (Å²) in [6.07, 6.45) is 10.6. The van der Waals surface area contributed by atoms with Gasteiger partial charge in [0, 0.05) is 0 Å². The Morgan fingerprint density at radius 1 is 1.30 bits per heavy atom. The maximum absolute atomic E-state index is 2.44. The molecule has 0 N–H and O–H groups in total. The second-order valence-corrected chi connectivity index (χ2v) is 4.01. The first kappa shape index (κ1) is 6.45. The summed E-state index contributed by atoms with van der Waals surface area (Å²) in [6.45, 7) is 2.39. The highest BCUT2D eigenvalue weighted by Crippen LogP contribution is 2.39. The quantitative estimate of drug-likeness (QED) is 0.449. The van der Waals surface area contributed by atoms with Gasteiger partial charge in [0.25, 0.3) is 0 Å². The van der Waals surface area contributed by atoms with Gasteiger partial charge in [-0.3, -0.25) is 0 Å². The average Bonchev–Trinajstić information content (AvgIpc) is 2.33. The van der Waals surface area contributed by atoms with E-state index in [9.17, 15) is 0 Å². The molecule has 0 saturated heterocycles. The highest BCUT2D eigenvalue weighted by molar-refractivity contribution is 5.03. The molecule has 1 fully saturated rings. The zero-order valence-corrected chi connectivity index (χ0v) is 6.72. The molecule has 0 heterocycles. The maximum atomic E-state index is 2.44. The molecule has 0 heteroatoms. The Balaban J connectivity index is 2.01. The predicted molar refractivity (Wildman–Crippen MR) is 43.8 cm³/mol. The SMILES string of the molecule is CC1CCC2CC=CC2C1. The van der Waals surface area contributed by atoms with Gasteiger partial charge in [-0.25, -0.2) is 0 Å². The second-order valence-electron chi connectivity index (χ2n) is 4.01. The van der Waals surface area contributed by atoms with Gasteiger partial charge in [0.2, 0.25) is 0 Å². The molecule has 2 aliphatic rings. The van der Waals surface area contributed by atoms with Crippen molar-refractivity contribution in [2.75, 3.05) is 0 Å². The second kappa shape index (κ2) is 2.41. The first-order valence-electron chi connectivity index (χ1n) is 4.53. The Bertz CT molecular complexity index is 146. The molecule has 0 aromatic rings. The van der Waals surface area contributed by atoms with Gasteiger partial charge in [0.1, 0.15) is 0 Å². The molecule has 56 valence electrons. The van der Waals surface area contributed by atoms with Crippen LogP contribution < -0.4 is 0 Å². The molecule has 2 aliphatic carbocycles. The fourth-order valence-corrected chi connectivity index (χ4v) is 2.44. The molecule has 0 amide bonds. The summed E-state index contributed by atoms with van der Waals surface area (Å²) >= 11 is 0. The highest BCUT2D eigenvalue weighted by Gasteiger charge is 2.28. The summed E-state index contributed by atoms with van der Waals surface area (Å²) in [7, 11) is 0. The van der Waals surface area contributed by atoms with Gasteiger partial charge in [-0.1, -0.05) is 25.5 Å². The molecular weight excluding hydrogens is 120 g/mol. The van der Waals surface area contributed by atoms with Crippen molar-refractivity contribution >= 4 is 0 Å². The van der Waals surface area contributed by atoms with Crippen molar-refractivity contribution in [2.45, 2.75) is 32.6 Å². The van der Waals surface area contributed by atoms with Crippen molar-refractivity contribution in [1.82, 2.24) is 0 Å². The summed E-state index contributed by atoms with van der Waals surface area (Å²) < 4.78 is 0. The lowest BCUT2D eigenvalue weighted by molar-refractivity contribution is 0.243. The van der Waals surface area contributed by atoms with E-state index >= 15 is 0 Å². The Hall–Kier alpha value is -0.260. The van der Waals surface area contributed by atoms with Crippen molar-refractivity contribution < 1.29 is 0 Å². The number of hydrogen-bond donors (Lipinski definition) is 0. The van der Waals surface area contributed by atoms with E-state index in [0.717, 1.165) is 17.8 Å². The van der Waals surface area contributed by atoms with E-state index in [1.165, 1.54) is 25.7 Å². The molecule has 0 aliphatic heterocycles. The smallest absolute Gasteiger partial charge is 0.0200 e. The third-order valence-electron chi connectivity index (χ3n) is 3.13. The van der Waals surface area contributed by atoms with Crippen molar-refractivity contribution in [1.29, 1.82) is 0 Å². The molecule has 2 rings (SSSR count). The number of fused-ring (bicyclic) bond motifs is 1. The topological polar surface area (TPSA) is 0 Å². The van der Waals surface area contributed by atoms with Crippen LogP contribution in [0.3, 0.4) is 0 Å². The van der Waals surface area contributed by atoms with Crippen molar-refractivity contribution in [3.8, 4) is 0 Å². The largest absolute Gasteiger partial charge is 0.0880 e. The normalized spacial score (nSPS) is 45.5. The van der Waals surface area contributed by atoms with Crippen LogP contribution in [0.4, 0.5) is 0 Å². The minimum Gasteiger partial charge on any atom is -0.0880 e. The molecule has 0 aromatic heterocycles. The third-order valence-corrected chi connectivity index (χ3v) is 3.13. The predicted octanol–water partition coefficient (Wildman–Crippen LogP) is 3.00. The minimum absolute atomic E-state index is 0.962. The van der Waals surface area contributed by atoms with Crippen molar-refractivity contribution in [3.63, 3.8) is 0 Å². The van der Waals surface area contributed by atoms with Crippen LogP contribution in [0.15, 0.2) is 12.2 Å². The molecule has 0 bridgehead atoms.